The second kappa shape index (κ2) is 5.61. The normalized spacial score (nSPS) is 20.8. The second-order valence-corrected chi connectivity index (χ2v) is 6.74. The van der Waals surface area contributed by atoms with Gasteiger partial charge in [-0.2, -0.15) is 10.1 Å². The Morgan fingerprint density at radius 2 is 1.92 bits per heavy atom. The number of fused-ring (bicyclic) bond motifs is 1. The van der Waals surface area contributed by atoms with Crippen molar-refractivity contribution < 1.29 is 18.0 Å². The maximum atomic E-state index is 14.4. The van der Waals surface area contributed by atoms with Crippen molar-refractivity contribution in [2.45, 2.75) is 56.8 Å². The van der Waals surface area contributed by atoms with Crippen molar-refractivity contribution in [3.8, 4) is 11.5 Å². The number of nitrogens with one attached hydrogen (secondary N) is 1. The number of nitrogens with zero attached hydrogens (tertiary/aromatic N) is 3. The van der Waals surface area contributed by atoms with Crippen molar-refractivity contribution in [2.24, 2.45) is 0 Å². The van der Waals surface area contributed by atoms with Crippen LogP contribution in [0.25, 0.3) is 11.5 Å². The van der Waals surface area contributed by atoms with Crippen LogP contribution in [0.3, 0.4) is 0 Å². The number of H-pyrrole nitrogens is 1. The van der Waals surface area contributed by atoms with Gasteiger partial charge < -0.3 is 9.26 Å². The third-order valence-electron chi connectivity index (χ3n) is 5.29. The van der Waals surface area contributed by atoms with Crippen LogP contribution in [0.4, 0.5) is 8.78 Å². The van der Waals surface area contributed by atoms with E-state index < -0.39 is 11.3 Å². The number of hydrogen-bond acceptors (Lipinski definition) is 5. The summed E-state index contributed by atoms with van der Waals surface area (Å²) < 4.78 is 39.3. The van der Waals surface area contributed by atoms with E-state index in [2.05, 4.69) is 20.3 Å². The Hall–Kier alpha value is -1.83. The summed E-state index contributed by atoms with van der Waals surface area (Å²) in [7, 11) is 0. The summed E-state index contributed by atoms with van der Waals surface area (Å²) in [6.07, 6.45) is 4.37. The van der Waals surface area contributed by atoms with Crippen LogP contribution >= 0.6 is 0 Å². The van der Waals surface area contributed by atoms with Crippen LogP contribution < -0.4 is 0 Å². The number of alkyl halides is 2. The predicted octanol–water partition coefficient (Wildman–Crippen LogP) is 3.04. The van der Waals surface area contributed by atoms with Gasteiger partial charge >= 0.3 is 0 Å². The first-order chi connectivity index (χ1) is 11.5. The third-order valence-corrected chi connectivity index (χ3v) is 5.29. The number of halogens is 2. The summed E-state index contributed by atoms with van der Waals surface area (Å²) in [5.41, 5.74) is 1.33. The third kappa shape index (κ3) is 2.35. The van der Waals surface area contributed by atoms with Gasteiger partial charge in [-0.25, -0.2) is 8.78 Å². The lowest BCUT2D eigenvalue weighted by Gasteiger charge is -2.38. The molecule has 1 fully saturated rings. The van der Waals surface area contributed by atoms with E-state index in [0.717, 1.165) is 43.9 Å². The van der Waals surface area contributed by atoms with Crippen molar-refractivity contribution in [3.63, 3.8) is 0 Å². The molecule has 24 heavy (non-hydrogen) atoms. The summed E-state index contributed by atoms with van der Waals surface area (Å²) in [5, 5.41) is 11.3. The van der Waals surface area contributed by atoms with Crippen molar-refractivity contribution in [2.75, 3.05) is 13.2 Å². The number of ether oxygens (including phenoxy) is 1. The fourth-order valence-electron chi connectivity index (χ4n) is 3.74. The molecule has 1 aliphatic heterocycles. The first-order valence-corrected chi connectivity index (χ1v) is 8.37. The molecule has 0 spiro atoms. The molecule has 0 amide bonds. The quantitative estimate of drug-likeness (QED) is 0.931. The molecule has 1 N–H and O–H groups in total. The fourth-order valence-corrected chi connectivity index (χ4v) is 3.74. The molecule has 0 radical (unpaired) electrons. The van der Waals surface area contributed by atoms with E-state index in [4.69, 9.17) is 9.26 Å². The van der Waals surface area contributed by atoms with E-state index in [0.29, 0.717) is 11.5 Å². The molecule has 1 saturated heterocycles. The van der Waals surface area contributed by atoms with Gasteiger partial charge in [0.15, 0.2) is 0 Å². The van der Waals surface area contributed by atoms with Crippen molar-refractivity contribution in [3.05, 3.63) is 17.1 Å². The number of aromatic amines is 1. The van der Waals surface area contributed by atoms with E-state index in [1.165, 1.54) is 0 Å². The second-order valence-electron chi connectivity index (χ2n) is 6.74. The number of rotatable bonds is 3. The Labute approximate surface area is 138 Å². The highest BCUT2D eigenvalue weighted by molar-refractivity contribution is 5.56. The van der Waals surface area contributed by atoms with Crippen LogP contribution in [-0.4, -0.2) is 39.5 Å². The Bertz CT molecular complexity index is 729. The van der Waals surface area contributed by atoms with Gasteiger partial charge in [0.2, 0.25) is 11.7 Å². The number of aromatic nitrogens is 4. The molecule has 8 heteroatoms. The molecular weight excluding hydrogens is 318 g/mol. The summed E-state index contributed by atoms with van der Waals surface area (Å²) in [6, 6.07) is 0. The molecular formula is C16H20F2N4O2. The molecule has 130 valence electrons. The number of aryl methyl sites for hydroxylation is 1. The molecule has 4 rings (SSSR count). The topological polar surface area (TPSA) is 76.8 Å². The van der Waals surface area contributed by atoms with Gasteiger partial charge in [0.1, 0.15) is 11.1 Å². The predicted molar refractivity (Wildman–Crippen MR) is 80.9 cm³/mol. The summed E-state index contributed by atoms with van der Waals surface area (Å²) in [5.74, 6) is -2.69. The van der Waals surface area contributed by atoms with Crippen LogP contribution in [0.1, 0.15) is 49.8 Å². The average Bonchev–Trinajstić information content (AvgIpc) is 3.21. The van der Waals surface area contributed by atoms with Gasteiger partial charge in [0.25, 0.3) is 5.92 Å². The Morgan fingerprint density at radius 1 is 1.17 bits per heavy atom. The van der Waals surface area contributed by atoms with Crippen LogP contribution in [0.5, 0.6) is 0 Å². The Kier molecular flexibility index (Phi) is 3.67. The summed E-state index contributed by atoms with van der Waals surface area (Å²) in [4.78, 5) is 4.33. The molecule has 0 saturated carbocycles. The molecule has 0 bridgehead atoms. The number of hydrogen-bond donors (Lipinski definition) is 1. The monoisotopic (exact) mass is 338 g/mol. The van der Waals surface area contributed by atoms with Crippen molar-refractivity contribution in [1.29, 1.82) is 0 Å². The Balaban J connectivity index is 1.73. The highest BCUT2D eigenvalue weighted by atomic mass is 19.3. The van der Waals surface area contributed by atoms with Crippen molar-refractivity contribution in [1.82, 2.24) is 20.3 Å². The first kappa shape index (κ1) is 15.7. The largest absolute Gasteiger partial charge is 0.381 e. The van der Waals surface area contributed by atoms with Gasteiger partial charge in [-0.3, -0.25) is 5.10 Å². The van der Waals surface area contributed by atoms with Gasteiger partial charge in [-0.05, 0) is 38.5 Å². The molecule has 2 aromatic rings. The lowest BCUT2D eigenvalue weighted by atomic mass is 9.75. The minimum absolute atomic E-state index is 0.0131. The zero-order valence-electron chi connectivity index (χ0n) is 13.6. The lowest BCUT2D eigenvalue weighted by Crippen LogP contribution is -2.47. The zero-order chi connectivity index (χ0) is 16.8. The highest BCUT2D eigenvalue weighted by Crippen LogP contribution is 2.46. The van der Waals surface area contributed by atoms with Crippen LogP contribution in [-0.2, 0) is 23.0 Å². The van der Waals surface area contributed by atoms with Crippen LogP contribution in [0.15, 0.2) is 4.52 Å². The molecule has 0 aromatic carbocycles. The molecule has 2 aliphatic rings. The summed E-state index contributed by atoms with van der Waals surface area (Å²) in [6.45, 7) is 1.44. The first-order valence-electron chi connectivity index (χ1n) is 8.37. The van der Waals surface area contributed by atoms with Crippen LogP contribution in [0.2, 0.25) is 0 Å². The SMILES string of the molecule is CC(F)(F)C1(c2nc(-c3n[nH]c4c3CCCC4)no2)CCOCC1. The molecule has 1 aliphatic carbocycles. The lowest BCUT2D eigenvalue weighted by molar-refractivity contribution is -0.117. The van der Waals surface area contributed by atoms with E-state index >= 15 is 0 Å². The maximum absolute atomic E-state index is 14.4. The van der Waals surface area contributed by atoms with E-state index in [1.807, 2.05) is 0 Å². The fraction of sp³-hybridized carbons (Fsp3) is 0.688. The maximum Gasteiger partial charge on any atom is 0.259 e. The van der Waals surface area contributed by atoms with Gasteiger partial charge in [-0.1, -0.05) is 5.16 Å². The molecule has 3 heterocycles. The molecule has 2 aromatic heterocycles. The molecule has 6 nitrogen and oxygen atoms in total. The minimum Gasteiger partial charge on any atom is -0.381 e. The molecule has 0 atom stereocenters. The average molecular weight is 338 g/mol. The van der Waals surface area contributed by atoms with Gasteiger partial charge in [0.05, 0.1) is 0 Å². The Morgan fingerprint density at radius 3 is 2.67 bits per heavy atom. The minimum atomic E-state index is -2.97. The van der Waals surface area contributed by atoms with E-state index in [9.17, 15) is 8.78 Å². The van der Waals surface area contributed by atoms with E-state index in [-0.39, 0.29) is 31.9 Å². The smallest absolute Gasteiger partial charge is 0.259 e. The highest BCUT2D eigenvalue weighted by Gasteiger charge is 2.56. The standard InChI is InChI=1S/C16H20F2N4O2/c1-15(17,18)16(6-8-23-9-7-16)14-19-13(22-24-14)12-10-4-2-3-5-11(10)20-21-12/h2-9H2,1H3,(H,20,21). The van der Waals surface area contributed by atoms with Gasteiger partial charge in [0, 0.05) is 31.4 Å². The summed E-state index contributed by atoms with van der Waals surface area (Å²) >= 11 is 0. The van der Waals surface area contributed by atoms with E-state index in [1.54, 1.807) is 0 Å². The molecule has 0 unspecified atom stereocenters. The van der Waals surface area contributed by atoms with Crippen LogP contribution in [0, 0.1) is 0 Å². The van der Waals surface area contributed by atoms with Crippen molar-refractivity contribution >= 4 is 0 Å². The zero-order valence-corrected chi connectivity index (χ0v) is 13.6. The van der Waals surface area contributed by atoms with Gasteiger partial charge in [-0.15, -0.1) is 0 Å².